The summed E-state index contributed by atoms with van der Waals surface area (Å²) >= 11 is 5.99. The molecule has 0 aliphatic heterocycles. The zero-order chi connectivity index (χ0) is 12.0. The fraction of sp³-hybridized carbons (Fsp3) is 0.455. The maximum atomic E-state index is 8.68. The van der Waals surface area contributed by atoms with Gasteiger partial charge in [0.2, 0.25) is 0 Å². The van der Waals surface area contributed by atoms with Crippen molar-refractivity contribution < 1.29 is 14.6 Å². The van der Waals surface area contributed by atoms with Gasteiger partial charge in [0, 0.05) is 6.54 Å². The first-order valence-electron chi connectivity index (χ1n) is 4.99. The summed E-state index contributed by atoms with van der Waals surface area (Å²) in [5.41, 5.74) is 6.46. The molecule has 0 amide bonds. The third kappa shape index (κ3) is 3.35. The second kappa shape index (κ2) is 6.70. The number of hydrogen-bond donors (Lipinski definition) is 2. The first-order valence-corrected chi connectivity index (χ1v) is 5.36. The van der Waals surface area contributed by atoms with Gasteiger partial charge in [-0.3, -0.25) is 0 Å². The maximum absolute atomic E-state index is 8.68. The van der Waals surface area contributed by atoms with Crippen molar-refractivity contribution in [2.24, 2.45) is 5.73 Å². The van der Waals surface area contributed by atoms with Crippen molar-refractivity contribution in [2.45, 2.75) is 6.10 Å². The standard InChI is InChI=1S/C11H16ClNO3/c1-15-10-3-2-8(6-9(10)12)11(7-13)16-5-4-14/h2-3,6,11,14H,4-5,7,13H2,1H3. The number of halogens is 1. The van der Waals surface area contributed by atoms with Crippen LogP contribution in [0, 0.1) is 0 Å². The zero-order valence-electron chi connectivity index (χ0n) is 9.15. The van der Waals surface area contributed by atoms with Gasteiger partial charge in [-0.1, -0.05) is 17.7 Å². The van der Waals surface area contributed by atoms with Gasteiger partial charge < -0.3 is 20.3 Å². The highest BCUT2D eigenvalue weighted by molar-refractivity contribution is 6.32. The van der Waals surface area contributed by atoms with Gasteiger partial charge in [-0.2, -0.15) is 0 Å². The fourth-order valence-corrected chi connectivity index (χ4v) is 1.64. The van der Waals surface area contributed by atoms with Crippen LogP contribution in [0.2, 0.25) is 5.02 Å². The first-order chi connectivity index (χ1) is 7.72. The number of aliphatic hydroxyl groups excluding tert-OH is 1. The van der Waals surface area contributed by atoms with Crippen LogP contribution in [0.15, 0.2) is 18.2 Å². The second-order valence-corrected chi connectivity index (χ2v) is 3.62. The fourth-order valence-electron chi connectivity index (χ4n) is 1.38. The maximum Gasteiger partial charge on any atom is 0.137 e. The molecule has 1 rings (SSSR count). The molecule has 0 aliphatic rings. The molecule has 0 fully saturated rings. The molecule has 90 valence electrons. The largest absolute Gasteiger partial charge is 0.495 e. The Bertz CT molecular complexity index is 333. The molecule has 1 aromatic rings. The molecular weight excluding hydrogens is 230 g/mol. The van der Waals surface area contributed by atoms with E-state index in [2.05, 4.69) is 0 Å². The molecule has 5 heteroatoms. The molecule has 4 nitrogen and oxygen atoms in total. The molecular formula is C11H16ClNO3. The molecule has 1 atom stereocenters. The van der Waals surface area contributed by atoms with Gasteiger partial charge in [0.05, 0.1) is 31.5 Å². The van der Waals surface area contributed by atoms with E-state index >= 15 is 0 Å². The highest BCUT2D eigenvalue weighted by Crippen LogP contribution is 2.28. The third-order valence-corrected chi connectivity index (χ3v) is 2.47. The van der Waals surface area contributed by atoms with Gasteiger partial charge in [-0.15, -0.1) is 0 Å². The molecule has 16 heavy (non-hydrogen) atoms. The number of nitrogens with two attached hydrogens (primary N) is 1. The predicted octanol–water partition coefficient (Wildman–Crippen LogP) is 1.36. The van der Waals surface area contributed by atoms with E-state index in [1.54, 1.807) is 19.2 Å². The van der Waals surface area contributed by atoms with E-state index in [4.69, 9.17) is 31.9 Å². The molecule has 1 unspecified atom stereocenters. The van der Waals surface area contributed by atoms with Crippen LogP contribution in [0.25, 0.3) is 0 Å². The Morgan fingerprint density at radius 1 is 1.50 bits per heavy atom. The van der Waals surface area contributed by atoms with Crippen LogP contribution in [0.4, 0.5) is 0 Å². The number of aliphatic hydroxyl groups is 1. The lowest BCUT2D eigenvalue weighted by Gasteiger charge is -2.16. The number of benzene rings is 1. The minimum absolute atomic E-state index is 0.0274. The van der Waals surface area contributed by atoms with Gasteiger partial charge in [0.25, 0.3) is 0 Å². The summed E-state index contributed by atoms with van der Waals surface area (Å²) in [6.07, 6.45) is -0.254. The summed E-state index contributed by atoms with van der Waals surface area (Å²) in [7, 11) is 1.56. The summed E-state index contributed by atoms with van der Waals surface area (Å²) in [6, 6.07) is 5.37. The van der Waals surface area contributed by atoms with Crippen molar-refractivity contribution in [2.75, 3.05) is 26.9 Å². The molecule has 0 spiro atoms. The van der Waals surface area contributed by atoms with Crippen LogP contribution < -0.4 is 10.5 Å². The van der Waals surface area contributed by atoms with E-state index in [-0.39, 0.29) is 19.3 Å². The number of ether oxygens (including phenoxy) is 2. The Morgan fingerprint density at radius 2 is 2.25 bits per heavy atom. The lowest BCUT2D eigenvalue weighted by molar-refractivity contribution is 0.0328. The molecule has 0 aromatic heterocycles. The Hall–Kier alpha value is -0.810. The Morgan fingerprint density at radius 3 is 2.75 bits per heavy atom. The van der Waals surface area contributed by atoms with Crippen molar-refractivity contribution in [3.05, 3.63) is 28.8 Å². The third-order valence-electron chi connectivity index (χ3n) is 2.17. The van der Waals surface area contributed by atoms with Gasteiger partial charge in [0.1, 0.15) is 5.75 Å². The van der Waals surface area contributed by atoms with Gasteiger partial charge in [-0.25, -0.2) is 0 Å². The van der Waals surface area contributed by atoms with Crippen molar-refractivity contribution in [1.29, 1.82) is 0 Å². The Kier molecular flexibility index (Phi) is 5.55. The second-order valence-electron chi connectivity index (χ2n) is 3.21. The topological polar surface area (TPSA) is 64.7 Å². The summed E-state index contributed by atoms with van der Waals surface area (Å²) in [5.74, 6) is 0.614. The highest BCUT2D eigenvalue weighted by Gasteiger charge is 2.12. The Labute approximate surface area is 99.9 Å². The molecule has 1 aromatic carbocycles. The monoisotopic (exact) mass is 245 g/mol. The van der Waals surface area contributed by atoms with Crippen LogP contribution >= 0.6 is 11.6 Å². The van der Waals surface area contributed by atoms with Crippen molar-refractivity contribution in [3.8, 4) is 5.75 Å². The first kappa shape index (κ1) is 13.3. The van der Waals surface area contributed by atoms with Gasteiger partial charge >= 0.3 is 0 Å². The molecule has 0 saturated carbocycles. The van der Waals surface area contributed by atoms with Gasteiger partial charge in [0.15, 0.2) is 0 Å². The Balaban J connectivity index is 2.80. The lowest BCUT2D eigenvalue weighted by Crippen LogP contribution is -2.17. The normalized spacial score (nSPS) is 12.5. The summed E-state index contributed by atoms with van der Waals surface area (Å²) in [5, 5.41) is 9.20. The van der Waals surface area contributed by atoms with Gasteiger partial charge in [-0.05, 0) is 17.7 Å². The average molecular weight is 246 g/mol. The van der Waals surface area contributed by atoms with Crippen LogP contribution in [0.1, 0.15) is 11.7 Å². The van der Waals surface area contributed by atoms with Crippen LogP contribution in [-0.4, -0.2) is 32.0 Å². The van der Waals surface area contributed by atoms with E-state index in [1.165, 1.54) is 0 Å². The molecule has 0 bridgehead atoms. The average Bonchev–Trinajstić information content (AvgIpc) is 2.30. The van der Waals surface area contributed by atoms with E-state index in [1.807, 2.05) is 6.07 Å². The number of rotatable bonds is 6. The smallest absolute Gasteiger partial charge is 0.137 e. The van der Waals surface area contributed by atoms with E-state index in [0.717, 1.165) is 5.56 Å². The number of hydrogen-bond acceptors (Lipinski definition) is 4. The SMILES string of the molecule is COc1ccc(C(CN)OCCO)cc1Cl. The quantitative estimate of drug-likeness (QED) is 0.794. The van der Waals surface area contributed by atoms with Crippen LogP contribution in [0.5, 0.6) is 5.75 Å². The zero-order valence-corrected chi connectivity index (χ0v) is 9.91. The van der Waals surface area contributed by atoms with Crippen LogP contribution in [0.3, 0.4) is 0 Å². The summed E-state index contributed by atoms with van der Waals surface area (Å²) in [4.78, 5) is 0. The van der Waals surface area contributed by atoms with E-state index < -0.39 is 0 Å². The van der Waals surface area contributed by atoms with Crippen LogP contribution in [-0.2, 0) is 4.74 Å². The predicted molar refractivity (Wildman–Crippen MR) is 62.8 cm³/mol. The molecule has 0 radical (unpaired) electrons. The molecule has 3 N–H and O–H groups in total. The minimum atomic E-state index is -0.254. The number of methoxy groups -OCH3 is 1. The molecule has 0 heterocycles. The van der Waals surface area contributed by atoms with Crippen molar-refractivity contribution >= 4 is 11.6 Å². The van der Waals surface area contributed by atoms with E-state index in [0.29, 0.717) is 17.3 Å². The molecule has 0 aliphatic carbocycles. The van der Waals surface area contributed by atoms with Crippen molar-refractivity contribution in [1.82, 2.24) is 0 Å². The minimum Gasteiger partial charge on any atom is -0.495 e. The highest BCUT2D eigenvalue weighted by atomic mass is 35.5. The summed E-state index contributed by atoms with van der Waals surface area (Å²) in [6.45, 7) is 0.564. The van der Waals surface area contributed by atoms with E-state index in [9.17, 15) is 0 Å². The lowest BCUT2D eigenvalue weighted by atomic mass is 10.1. The van der Waals surface area contributed by atoms with Crippen molar-refractivity contribution in [3.63, 3.8) is 0 Å². The molecule has 0 saturated heterocycles. The summed E-state index contributed by atoms with van der Waals surface area (Å²) < 4.78 is 10.4.